The molecule has 7 nitrogen and oxygen atoms in total. The largest absolute Gasteiger partial charge is 0.479 e. The van der Waals surface area contributed by atoms with E-state index in [0.717, 1.165) is 17.1 Å². The molecule has 2 aliphatic heterocycles. The molecule has 0 saturated carbocycles. The highest BCUT2D eigenvalue weighted by atomic mass is 32.2. The fourth-order valence-corrected chi connectivity index (χ4v) is 5.86. The normalized spacial score (nSPS) is 16.5. The number of carbonyl (C=O) groups excluding carboxylic acids is 1. The lowest BCUT2D eigenvalue weighted by Crippen LogP contribution is -2.50. The van der Waals surface area contributed by atoms with E-state index in [2.05, 4.69) is 6.07 Å². The van der Waals surface area contributed by atoms with Gasteiger partial charge >= 0.3 is 0 Å². The average Bonchev–Trinajstić information content (AvgIpc) is 3.30. The molecule has 1 amide bonds. The third-order valence-corrected chi connectivity index (χ3v) is 8.95. The molecule has 5 rings (SSSR count). The van der Waals surface area contributed by atoms with E-state index in [1.807, 2.05) is 41.0 Å². The maximum atomic E-state index is 13.1. The minimum atomic E-state index is -3.38. The zero-order chi connectivity index (χ0) is 24.1. The van der Waals surface area contributed by atoms with Crippen LogP contribution in [0.1, 0.15) is 48.4 Å². The summed E-state index contributed by atoms with van der Waals surface area (Å²) in [7, 11) is -3.38. The summed E-state index contributed by atoms with van der Waals surface area (Å²) in [5.41, 5.74) is 2.18. The molecule has 3 aromatic rings. The van der Waals surface area contributed by atoms with Crippen molar-refractivity contribution in [2.75, 3.05) is 13.1 Å². The van der Waals surface area contributed by atoms with E-state index in [-0.39, 0.29) is 10.8 Å². The number of aromatic nitrogens is 1. The van der Waals surface area contributed by atoms with E-state index in [4.69, 9.17) is 4.74 Å². The van der Waals surface area contributed by atoms with Gasteiger partial charge in [0.05, 0.1) is 21.5 Å². The van der Waals surface area contributed by atoms with Crippen molar-refractivity contribution in [1.29, 1.82) is 5.26 Å². The number of benzene rings is 2. The fraction of sp³-hybridized carbons (Fsp3) is 0.308. The summed E-state index contributed by atoms with van der Waals surface area (Å²) in [4.78, 5) is 15.1. The van der Waals surface area contributed by atoms with E-state index in [9.17, 15) is 18.5 Å². The van der Waals surface area contributed by atoms with Crippen molar-refractivity contribution in [3.05, 3.63) is 77.6 Å². The third kappa shape index (κ3) is 3.39. The van der Waals surface area contributed by atoms with Crippen molar-refractivity contribution in [2.45, 2.75) is 42.4 Å². The van der Waals surface area contributed by atoms with Gasteiger partial charge in [-0.2, -0.15) is 5.26 Å². The van der Waals surface area contributed by atoms with Crippen LogP contribution in [0.3, 0.4) is 0 Å². The average molecular weight is 476 g/mol. The van der Waals surface area contributed by atoms with Gasteiger partial charge in [0.1, 0.15) is 17.5 Å². The lowest BCUT2D eigenvalue weighted by atomic mass is 9.86. The molecule has 0 bridgehead atoms. The smallest absolute Gasteiger partial charge is 0.253 e. The van der Waals surface area contributed by atoms with E-state index >= 15 is 0 Å². The van der Waals surface area contributed by atoms with Crippen LogP contribution in [0.15, 0.2) is 65.6 Å². The minimum absolute atomic E-state index is 0.132. The van der Waals surface area contributed by atoms with E-state index in [1.54, 1.807) is 30.9 Å². The van der Waals surface area contributed by atoms with Gasteiger partial charge in [-0.3, -0.25) is 9.36 Å². The zero-order valence-corrected chi connectivity index (χ0v) is 19.9. The molecule has 0 unspecified atom stereocenters. The number of nitriles is 1. The fourth-order valence-electron chi connectivity index (χ4n) is 4.80. The van der Waals surface area contributed by atoms with Crippen LogP contribution < -0.4 is 4.74 Å². The first kappa shape index (κ1) is 22.2. The van der Waals surface area contributed by atoms with Crippen LogP contribution in [0.5, 0.6) is 5.75 Å². The predicted octanol–water partition coefficient (Wildman–Crippen LogP) is 4.05. The van der Waals surface area contributed by atoms with Gasteiger partial charge in [-0.1, -0.05) is 12.1 Å². The molecule has 34 heavy (non-hydrogen) atoms. The predicted molar refractivity (Wildman–Crippen MR) is 127 cm³/mol. The van der Waals surface area contributed by atoms with Gasteiger partial charge in [0.15, 0.2) is 15.4 Å². The monoisotopic (exact) mass is 475 g/mol. The number of para-hydroxylation sites is 2. The Hall–Kier alpha value is -3.57. The molecule has 174 valence electrons. The third-order valence-electron chi connectivity index (χ3n) is 6.78. The standard InChI is InChI=1S/C26H25N3O4S/c1-18(2)34(31,32)21-10-7-19(8-11-21)25(30)28-15-13-26(14-16-28)24-12-9-20(17-27)29(24)22-5-3-4-6-23(22)33-26/h3-12,18H,13-16H2,1-2H3. The molecule has 1 spiro atoms. The number of carbonyl (C=O) groups is 1. The first-order chi connectivity index (χ1) is 16.3. The van der Waals surface area contributed by atoms with Gasteiger partial charge in [-0.15, -0.1) is 0 Å². The van der Waals surface area contributed by atoms with Gasteiger partial charge in [0.25, 0.3) is 5.91 Å². The molecule has 0 atom stereocenters. The molecule has 1 fully saturated rings. The first-order valence-electron chi connectivity index (χ1n) is 11.3. The summed E-state index contributed by atoms with van der Waals surface area (Å²) in [6.45, 7) is 4.25. The van der Waals surface area contributed by atoms with Crippen LogP contribution in [-0.4, -0.2) is 42.1 Å². The molecule has 1 aromatic heterocycles. The van der Waals surface area contributed by atoms with Crippen LogP contribution in [0.25, 0.3) is 5.69 Å². The Bertz CT molecular complexity index is 1410. The van der Waals surface area contributed by atoms with Crippen LogP contribution >= 0.6 is 0 Å². The second-order valence-electron chi connectivity index (χ2n) is 9.03. The van der Waals surface area contributed by atoms with Crippen LogP contribution in [0, 0.1) is 11.3 Å². The number of hydrogen-bond acceptors (Lipinski definition) is 5. The van der Waals surface area contributed by atoms with E-state index < -0.39 is 20.7 Å². The summed E-state index contributed by atoms with van der Waals surface area (Å²) < 4.78 is 33.2. The van der Waals surface area contributed by atoms with Crippen LogP contribution in [-0.2, 0) is 15.4 Å². The summed E-state index contributed by atoms with van der Waals surface area (Å²) in [6.07, 6.45) is 1.17. The Balaban J connectivity index is 1.38. The van der Waals surface area contributed by atoms with Crippen molar-refractivity contribution >= 4 is 15.7 Å². The molecule has 2 aliphatic rings. The van der Waals surface area contributed by atoms with Crippen molar-refractivity contribution in [3.63, 3.8) is 0 Å². The Morgan fingerprint density at radius 3 is 2.35 bits per heavy atom. The molecule has 3 heterocycles. The molecular formula is C26H25N3O4S. The Labute approximate surface area is 199 Å². The molecule has 0 N–H and O–H groups in total. The molecule has 2 aromatic carbocycles. The number of sulfone groups is 1. The highest BCUT2D eigenvalue weighted by Crippen LogP contribution is 2.45. The highest BCUT2D eigenvalue weighted by molar-refractivity contribution is 7.92. The van der Waals surface area contributed by atoms with Crippen molar-refractivity contribution < 1.29 is 17.9 Å². The number of nitrogens with zero attached hydrogens (tertiary/aromatic N) is 3. The minimum Gasteiger partial charge on any atom is -0.479 e. The number of amides is 1. The Kier molecular flexibility index (Phi) is 5.25. The first-order valence-corrected chi connectivity index (χ1v) is 12.9. The van der Waals surface area contributed by atoms with E-state index in [1.165, 1.54) is 12.1 Å². The summed E-state index contributed by atoms with van der Waals surface area (Å²) in [6, 6.07) is 19.9. The summed E-state index contributed by atoms with van der Waals surface area (Å²) in [5.74, 6) is 0.595. The molecular weight excluding hydrogens is 450 g/mol. The maximum Gasteiger partial charge on any atom is 0.253 e. The van der Waals surface area contributed by atoms with Crippen molar-refractivity contribution in [2.24, 2.45) is 0 Å². The Morgan fingerprint density at radius 2 is 1.71 bits per heavy atom. The number of hydrogen-bond donors (Lipinski definition) is 0. The van der Waals surface area contributed by atoms with Crippen LogP contribution in [0.4, 0.5) is 0 Å². The highest BCUT2D eigenvalue weighted by Gasteiger charge is 2.45. The molecule has 0 aliphatic carbocycles. The van der Waals surface area contributed by atoms with Gasteiger partial charge < -0.3 is 9.64 Å². The quantitative estimate of drug-likeness (QED) is 0.570. The second-order valence-corrected chi connectivity index (χ2v) is 11.5. The number of piperidine rings is 1. The second kappa shape index (κ2) is 8.03. The lowest BCUT2D eigenvalue weighted by molar-refractivity contribution is -0.00937. The summed E-state index contributed by atoms with van der Waals surface area (Å²) in [5, 5.41) is 9.11. The zero-order valence-electron chi connectivity index (χ0n) is 19.1. The van der Waals surface area contributed by atoms with Gasteiger partial charge in [0, 0.05) is 31.5 Å². The van der Waals surface area contributed by atoms with Crippen LogP contribution in [0.2, 0.25) is 0 Å². The van der Waals surface area contributed by atoms with Gasteiger partial charge in [-0.05, 0) is 62.4 Å². The number of likely N-dealkylation sites (tertiary alicyclic amines) is 1. The lowest BCUT2D eigenvalue weighted by Gasteiger charge is -2.45. The number of rotatable bonds is 3. The molecule has 8 heteroatoms. The molecule has 0 radical (unpaired) electrons. The summed E-state index contributed by atoms with van der Waals surface area (Å²) >= 11 is 0. The van der Waals surface area contributed by atoms with Gasteiger partial charge in [-0.25, -0.2) is 8.42 Å². The molecule has 1 saturated heterocycles. The van der Waals surface area contributed by atoms with Crippen molar-refractivity contribution in [1.82, 2.24) is 9.47 Å². The number of ether oxygens (including phenoxy) is 1. The van der Waals surface area contributed by atoms with E-state index in [0.29, 0.717) is 37.2 Å². The topological polar surface area (TPSA) is 92.4 Å². The number of fused-ring (bicyclic) bond motifs is 4. The van der Waals surface area contributed by atoms with Gasteiger partial charge in [0.2, 0.25) is 0 Å². The SMILES string of the molecule is CC(C)S(=O)(=O)c1ccc(C(=O)N2CCC3(CC2)Oc2ccccc2-n2c(C#N)ccc23)cc1. The van der Waals surface area contributed by atoms with Crippen molar-refractivity contribution in [3.8, 4) is 17.5 Å². The maximum absolute atomic E-state index is 13.1. The Morgan fingerprint density at radius 1 is 1.03 bits per heavy atom.